The minimum atomic E-state index is 0.262. The average molecular weight is 310 g/mol. The standard InChI is InChI=1S/C13H13Cl2N5/c14-7-1-2-11(9(15)5-7)18-12-8-6-17-4-3-10(8)19-13(16)20-12/h1-2,5,17H,3-4,6H2,(H3,16,18,19,20). The van der Waals surface area contributed by atoms with Crippen molar-refractivity contribution in [1.29, 1.82) is 0 Å². The van der Waals surface area contributed by atoms with Crippen molar-refractivity contribution >= 4 is 40.7 Å². The zero-order valence-electron chi connectivity index (χ0n) is 10.6. The maximum atomic E-state index is 6.17. The Morgan fingerprint density at radius 1 is 1.25 bits per heavy atom. The highest BCUT2D eigenvalue weighted by Gasteiger charge is 2.17. The van der Waals surface area contributed by atoms with Crippen molar-refractivity contribution in [2.24, 2.45) is 0 Å². The predicted molar refractivity (Wildman–Crippen MR) is 81.6 cm³/mol. The number of nitrogens with one attached hydrogen (secondary N) is 2. The van der Waals surface area contributed by atoms with Gasteiger partial charge in [-0.25, -0.2) is 4.98 Å². The Morgan fingerprint density at radius 3 is 2.90 bits per heavy atom. The summed E-state index contributed by atoms with van der Waals surface area (Å²) in [7, 11) is 0. The number of benzene rings is 1. The van der Waals surface area contributed by atoms with Crippen LogP contribution in [0.15, 0.2) is 18.2 Å². The summed E-state index contributed by atoms with van der Waals surface area (Å²) < 4.78 is 0. The van der Waals surface area contributed by atoms with Crippen molar-refractivity contribution < 1.29 is 0 Å². The van der Waals surface area contributed by atoms with Crippen LogP contribution in [-0.2, 0) is 13.0 Å². The molecule has 1 aromatic carbocycles. The minimum Gasteiger partial charge on any atom is -0.368 e. The fraction of sp³-hybridized carbons (Fsp3) is 0.231. The van der Waals surface area contributed by atoms with Crippen molar-refractivity contribution in [2.45, 2.75) is 13.0 Å². The lowest BCUT2D eigenvalue weighted by molar-refractivity contribution is 0.629. The van der Waals surface area contributed by atoms with Gasteiger partial charge < -0.3 is 16.4 Å². The molecule has 5 nitrogen and oxygen atoms in total. The molecule has 0 saturated heterocycles. The summed E-state index contributed by atoms with van der Waals surface area (Å²) in [5, 5.41) is 7.63. The Balaban J connectivity index is 2.00. The zero-order chi connectivity index (χ0) is 14.1. The van der Waals surface area contributed by atoms with Crippen LogP contribution >= 0.6 is 23.2 Å². The molecule has 0 aliphatic carbocycles. The van der Waals surface area contributed by atoms with E-state index in [1.165, 1.54) is 0 Å². The van der Waals surface area contributed by atoms with Gasteiger partial charge in [-0.2, -0.15) is 4.98 Å². The van der Waals surface area contributed by atoms with E-state index in [4.69, 9.17) is 28.9 Å². The molecule has 7 heteroatoms. The molecule has 0 spiro atoms. The number of hydrogen-bond donors (Lipinski definition) is 3. The van der Waals surface area contributed by atoms with E-state index in [9.17, 15) is 0 Å². The molecule has 1 aliphatic rings. The molecule has 0 atom stereocenters. The highest BCUT2D eigenvalue weighted by atomic mass is 35.5. The van der Waals surface area contributed by atoms with Gasteiger partial charge in [-0.15, -0.1) is 0 Å². The molecule has 3 rings (SSSR count). The first-order chi connectivity index (χ1) is 9.63. The SMILES string of the molecule is Nc1nc2c(c(Nc3ccc(Cl)cc3Cl)n1)CNCC2. The van der Waals surface area contributed by atoms with Crippen LogP contribution < -0.4 is 16.4 Å². The van der Waals surface area contributed by atoms with E-state index in [1.807, 2.05) is 6.07 Å². The molecule has 0 saturated carbocycles. The topological polar surface area (TPSA) is 75.9 Å². The van der Waals surface area contributed by atoms with Gasteiger partial charge in [0.05, 0.1) is 16.4 Å². The van der Waals surface area contributed by atoms with E-state index in [2.05, 4.69) is 20.6 Å². The van der Waals surface area contributed by atoms with Gasteiger partial charge in [0.1, 0.15) is 5.82 Å². The van der Waals surface area contributed by atoms with Crippen LogP contribution in [0.4, 0.5) is 17.5 Å². The lowest BCUT2D eigenvalue weighted by atomic mass is 10.1. The highest BCUT2D eigenvalue weighted by Crippen LogP contribution is 2.30. The van der Waals surface area contributed by atoms with Crippen LogP contribution in [0.3, 0.4) is 0 Å². The van der Waals surface area contributed by atoms with Gasteiger partial charge in [0, 0.05) is 30.1 Å². The third-order valence-electron chi connectivity index (χ3n) is 3.13. The smallest absolute Gasteiger partial charge is 0.222 e. The van der Waals surface area contributed by atoms with Crippen LogP contribution in [0.25, 0.3) is 0 Å². The highest BCUT2D eigenvalue weighted by molar-refractivity contribution is 6.36. The van der Waals surface area contributed by atoms with E-state index in [0.29, 0.717) is 22.4 Å². The number of nitrogens with zero attached hydrogens (tertiary/aromatic N) is 2. The number of fused-ring (bicyclic) bond motifs is 1. The first kappa shape index (κ1) is 13.4. The van der Waals surface area contributed by atoms with E-state index in [0.717, 1.165) is 29.9 Å². The van der Waals surface area contributed by atoms with Crippen molar-refractivity contribution in [3.63, 3.8) is 0 Å². The van der Waals surface area contributed by atoms with Crippen LogP contribution in [0.2, 0.25) is 10.0 Å². The quantitative estimate of drug-likeness (QED) is 0.795. The Labute approximate surface area is 126 Å². The van der Waals surface area contributed by atoms with Crippen molar-refractivity contribution in [3.05, 3.63) is 39.5 Å². The summed E-state index contributed by atoms with van der Waals surface area (Å²) in [6, 6.07) is 5.26. The van der Waals surface area contributed by atoms with Crippen molar-refractivity contribution in [3.8, 4) is 0 Å². The van der Waals surface area contributed by atoms with Gasteiger partial charge in [-0.3, -0.25) is 0 Å². The van der Waals surface area contributed by atoms with E-state index in [-0.39, 0.29) is 5.95 Å². The number of nitrogens with two attached hydrogens (primary N) is 1. The summed E-state index contributed by atoms with van der Waals surface area (Å²) in [5.41, 5.74) is 8.50. The molecule has 104 valence electrons. The number of anilines is 3. The maximum Gasteiger partial charge on any atom is 0.222 e. The molecule has 0 bridgehead atoms. The number of rotatable bonds is 2. The number of aromatic nitrogens is 2. The fourth-order valence-electron chi connectivity index (χ4n) is 2.18. The van der Waals surface area contributed by atoms with Crippen LogP contribution in [-0.4, -0.2) is 16.5 Å². The molecular weight excluding hydrogens is 297 g/mol. The summed E-state index contributed by atoms with van der Waals surface area (Å²) in [6.45, 7) is 1.60. The maximum absolute atomic E-state index is 6.17. The molecular formula is C13H13Cl2N5. The summed E-state index contributed by atoms with van der Waals surface area (Å²) >= 11 is 12.1. The Hall–Kier alpha value is -1.56. The van der Waals surface area contributed by atoms with E-state index in [1.54, 1.807) is 12.1 Å². The van der Waals surface area contributed by atoms with Gasteiger partial charge >= 0.3 is 0 Å². The molecule has 20 heavy (non-hydrogen) atoms. The minimum absolute atomic E-state index is 0.262. The van der Waals surface area contributed by atoms with Crippen molar-refractivity contribution in [1.82, 2.24) is 15.3 Å². The van der Waals surface area contributed by atoms with Gasteiger partial charge in [0.15, 0.2) is 0 Å². The number of hydrogen-bond acceptors (Lipinski definition) is 5. The second kappa shape index (κ2) is 5.44. The first-order valence-corrected chi connectivity index (χ1v) is 6.97. The molecule has 0 radical (unpaired) electrons. The molecule has 4 N–H and O–H groups in total. The monoisotopic (exact) mass is 309 g/mol. The lowest BCUT2D eigenvalue weighted by Gasteiger charge is -2.20. The molecule has 0 amide bonds. The number of nitrogen functional groups attached to an aromatic ring is 1. The third kappa shape index (κ3) is 2.65. The van der Waals surface area contributed by atoms with Gasteiger partial charge in [-0.1, -0.05) is 23.2 Å². The van der Waals surface area contributed by atoms with Gasteiger partial charge in [0.2, 0.25) is 5.95 Å². The van der Waals surface area contributed by atoms with E-state index >= 15 is 0 Å². The largest absolute Gasteiger partial charge is 0.368 e. The normalized spacial score (nSPS) is 13.9. The number of halogens is 2. The van der Waals surface area contributed by atoms with Crippen LogP contribution in [0, 0.1) is 0 Å². The van der Waals surface area contributed by atoms with Gasteiger partial charge in [-0.05, 0) is 18.2 Å². The van der Waals surface area contributed by atoms with E-state index < -0.39 is 0 Å². The Morgan fingerprint density at radius 2 is 2.10 bits per heavy atom. The Kier molecular flexibility index (Phi) is 3.65. The molecule has 2 aromatic rings. The summed E-state index contributed by atoms with van der Waals surface area (Å²) in [4.78, 5) is 8.55. The molecule has 2 heterocycles. The first-order valence-electron chi connectivity index (χ1n) is 6.21. The van der Waals surface area contributed by atoms with Crippen LogP contribution in [0.5, 0.6) is 0 Å². The third-order valence-corrected chi connectivity index (χ3v) is 3.68. The molecule has 1 aliphatic heterocycles. The molecule has 0 fully saturated rings. The fourth-order valence-corrected chi connectivity index (χ4v) is 2.64. The summed E-state index contributed by atoms with van der Waals surface area (Å²) in [5.74, 6) is 0.946. The summed E-state index contributed by atoms with van der Waals surface area (Å²) in [6.07, 6.45) is 0.838. The molecule has 0 unspecified atom stereocenters. The zero-order valence-corrected chi connectivity index (χ0v) is 12.1. The second-order valence-electron chi connectivity index (χ2n) is 4.53. The lowest BCUT2D eigenvalue weighted by Crippen LogP contribution is -2.26. The Bertz CT molecular complexity index is 659. The van der Waals surface area contributed by atoms with Crippen molar-refractivity contribution in [2.75, 3.05) is 17.6 Å². The predicted octanol–water partition coefficient (Wildman–Crippen LogP) is 2.75. The van der Waals surface area contributed by atoms with Gasteiger partial charge in [0.25, 0.3) is 0 Å². The van der Waals surface area contributed by atoms with Crippen LogP contribution in [0.1, 0.15) is 11.3 Å². The molecule has 1 aromatic heterocycles. The average Bonchev–Trinajstić information content (AvgIpc) is 2.41. The second-order valence-corrected chi connectivity index (χ2v) is 5.38.